The lowest BCUT2D eigenvalue weighted by molar-refractivity contribution is -0.135. The van der Waals surface area contributed by atoms with Crippen molar-refractivity contribution in [2.24, 2.45) is 0 Å². The van der Waals surface area contributed by atoms with Crippen molar-refractivity contribution in [1.29, 1.82) is 0 Å². The number of hydrogen-bond donors (Lipinski definition) is 2. The maximum atomic E-state index is 13.5. The molecule has 164 valence electrons. The molecule has 0 spiro atoms. The van der Waals surface area contributed by atoms with E-state index in [4.69, 9.17) is 27.9 Å². The van der Waals surface area contributed by atoms with Crippen molar-refractivity contribution >= 4 is 34.9 Å². The third kappa shape index (κ3) is 4.12. The second-order valence-electron chi connectivity index (χ2n) is 8.57. The van der Waals surface area contributed by atoms with Gasteiger partial charge in [-0.3, -0.25) is 4.79 Å². The van der Waals surface area contributed by atoms with E-state index in [0.717, 1.165) is 36.2 Å². The highest BCUT2D eigenvalue weighted by atomic mass is 35.5. The Hall–Kier alpha value is -2.83. The molecule has 0 aliphatic heterocycles. The highest BCUT2D eigenvalue weighted by Crippen LogP contribution is 2.61. The van der Waals surface area contributed by atoms with E-state index < -0.39 is 5.82 Å². The van der Waals surface area contributed by atoms with Crippen LogP contribution in [0.15, 0.2) is 60.8 Å². The van der Waals surface area contributed by atoms with Crippen LogP contribution in [-0.2, 0) is 4.79 Å². The fourth-order valence-corrected chi connectivity index (χ4v) is 4.94. The SMILES string of the molecule is O=C(COc1ccc(Cl)c(F)c1)NC12CC(Nc3cc(-c4ccc(Cl)cc4)ccn3)(C1)C2. The number of pyridine rings is 1. The first kappa shape index (κ1) is 21.0. The quantitative estimate of drug-likeness (QED) is 0.478. The number of halogens is 3. The van der Waals surface area contributed by atoms with Crippen LogP contribution in [-0.4, -0.2) is 28.6 Å². The zero-order valence-corrected chi connectivity index (χ0v) is 18.5. The van der Waals surface area contributed by atoms with Crippen molar-refractivity contribution in [1.82, 2.24) is 10.3 Å². The number of nitrogens with zero attached hydrogens (tertiary/aromatic N) is 1. The van der Waals surface area contributed by atoms with Crippen molar-refractivity contribution in [2.75, 3.05) is 11.9 Å². The molecule has 32 heavy (non-hydrogen) atoms. The lowest BCUT2D eigenvalue weighted by Crippen LogP contribution is -2.81. The van der Waals surface area contributed by atoms with Crippen molar-refractivity contribution in [3.8, 4) is 16.9 Å². The van der Waals surface area contributed by atoms with E-state index in [1.807, 2.05) is 36.4 Å². The molecule has 2 bridgehead atoms. The van der Waals surface area contributed by atoms with Crippen molar-refractivity contribution in [3.05, 3.63) is 76.7 Å². The van der Waals surface area contributed by atoms with Gasteiger partial charge in [0.2, 0.25) is 0 Å². The fraction of sp³-hybridized carbons (Fsp3) is 0.250. The van der Waals surface area contributed by atoms with E-state index in [0.29, 0.717) is 5.02 Å². The maximum Gasteiger partial charge on any atom is 0.258 e. The molecular formula is C24H20Cl2FN3O2. The Morgan fingerprint density at radius 2 is 1.75 bits per heavy atom. The monoisotopic (exact) mass is 471 g/mol. The highest BCUT2D eigenvalue weighted by molar-refractivity contribution is 6.31. The maximum absolute atomic E-state index is 13.5. The molecule has 0 radical (unpaired) electrons. The summed E-state index contributed by atoms with van der Waals surface area (Å²) in [7, 11) is 0. The number of carbonyl (C=O) groups is 1. The molecule has 1 amide bonds. The Kier molecular flexibility index (Phi) is 5.22. The third-order valence-corrected chi connectivity index (χ3v) is 6.59. The Labute approximate surface area is 194 Å². The number of aromatic nitrogens is 1. The molecule has 1 aromatic heterocycles. The molecule has 0 unspecified atom stereocenters. The number of hydrogen-bond acceptors (Lipinski definition) is 4. The van der Waals surface area contributed by atoms with Gasteiger partial charge in [0.05, 0.1) is 5.02 Å². The highest BCUT2D eigenvalue weighted by Gasteiger charge is 2.68. The average molecular weight is 472 g/mol. The largest absolute Gasteiger partial charge is 0.484 e. The number of nitrogens with one attached hydrogen (secondary N) is 2. The predicted molar refractivity (Wildman–Crippen MR) is 123 cm³/mol. The van der Waals surface area contributed by atoms with Gasteiger partial charge in [0.1, 0.15) is 17.4 Å². The van der Waals surface area contributed by atoms with Crippen LogP contribution in [0, 0.1) is 5.82 Å². The lowest BCUT2D eigenvalue weighted by Gasteiger charge is -2.70. The van der Waals surface area contributed by atoms with Crippen LogP contribution < -0.4 is 15.4 Å². The Bertz CT molecular complexity index is 1170. The normalized spacial score (nSPS) is 23.0. The summed E-state index contributed by atoms with van der Waals surface area (Å²) in [5, 5.41) is 7.30. The van der Waals surface area contributed by atoms with Crippen LogP contribution in [0.5, 0.6) is 5.75 Å². The number of ether oxygens (including phenoxy) is 1. The first-order chi connectivity index (χ1) is 15.3. The van der Waals surface area contributed by atoms with Crippen LogP contribution in [0.1, 0.15) is 19.3 Å². The summed E-state index contributed by atoms with van der Waals surface area (Å²) in [6, 6.07) is 15.8. The second kappa shape index (κ2) is 7.94. The Balaban J connectivity index is 1.13. The molecule has 8 heteroatoms. The molecule has 0 saturated heterocycles. The first-order valence-electron chi connectivity index (χ1n) is 10.2. The van der Waals surface area contributed by atoms with Crippen LogP contribution in [0.25, 0.3) is 11.1 Å². The lowest BCUT2D eigenvalue weighted by atomic mass is 9.44. The van der Waals surface area contributed by atoms with E-state index in [2.05, 4.69) is 15.6 Å². The second-order valence-corrected chi connectivity index (χ2v) is 9.41. The Morgan fingerprint density at radius 3 is 2.47 bits per heavy atom. The van der Waals surface area contributed by atoms with E-state index in [1.165, 1.54) is 18.2 Å². The summed E-state index contributed by atoms with van der Waals surface area (Å²) in [5.41, 5.74) is 1.89. The van der Waals surface area contributed by atoms with Crippen molar-refractivity contribution in [2.45, 2.75) is 30.3 Å². The van der Waals surface area contributed by atoms with Gasteiger partial charge in [0.15, 0.2) is 6.61 Å². The van der Waals surface area contributed by atoms with Crippen LogP contribution in [0.3, 0.4) is 0 Å². The summed E-state index contributed by atoms with van der Waals surface area (Å²) in [5.74, 6) is 0.275. The molecule has 0 atom stereocenters. The molecule has 3 fully saturated rings. The van der Waals surface area contributed by atoms with Gasteiger partial charge in [-0.1, -0.05) is 35.3 Å². The minimum Gasteiger partial charge on any atom is -0.484 e. The molecule has 3 aromatic rings. The average Bonchev–Trinajstić information content (AvgIpc) is 2.73. The van der Waals surface area contributed by atoms with Gasteiger partial charge in [0, 0.05) is 28.4 Å². The predicted octanol–water partition coefficient (Wildman–Crippen LogP) is 5.48. The zero-order chi connectivity index (χ0) is 22.3. The smallest absolute Gasteiger partial charge is 0.258 e. The van der Waals surface area contributed by atoms with Gasteiger partial charge < -0.3 is 15.4 Å². The summed E-state index contributed by atoms with van der Waals surface area (Å²) in [4.78, 5) is 16.7. The fourth-order valence-electron chi connectivity index (χ4n) is 4.69. The topological polar surface area (TPSA) is 63.2 Å². The van der Waals surface area contributed by atoms with Crippen LogP contribution in [0.4, 0.5) is 10.2 Å². The van der Waals surface area contributed by atoms with Gasteiger partial charge in [-0.15, -0.1) is 0 Å². The molecule has 3 aliphatic carbocycles. The Morgan fingerprint density at radius 1 is 1.00 bits per heavy atom. The number of anilines is 1. The minimum absolute atomic E-state index is 0.0154. The van der Waals surface area contributed by atoms with Gasteiger partial charge in [-0.05, 0) is 66.8 Å². The number of benzene rings is 2. The van der Waals surface area contributed by atoms with E-state index in [-0.39, 0.29) is 34.4 Å². The summed E-state index contributed by atoms with van der Waals surface area (Å²) in [6.45, 7) is -0.173. The molecule has 2 aromatic carbocycles. The summed E-state index contributed by atoms with van der Waals surface area (Å²) in [6.07, 6.45) is 4.27. The molecule has 3 aliphatic rings. The number of carbonyl (C=O) groups excluding carboxylic acids is 1. The molecule has 1 heterocycles. The molecule has 6 rings (SSSR count). The number of rotatable bonds is 7. The van der Waals surface area contributed by atoms with Gasteiger partial charge in [-0.2, -0.15) is 0 Å². The summed E-state index contributed by atoms with van der Waals surface area (Å²) >= 11 is 11.6. The van der Waals surface area contributed by atoms with Crippen LogP contribution in [0.2, 0.25) is 10.0 Å². The molecular weight excluding hydrogens is 452 g/mol. The summed E-state index contributed by atoms with van der Waals surface area (Å²) < 4.78 is 18.8. The van der Waals surface area contributed by atoms with E-state index in [1.54, 1.807) is 6.20 Å². The van der Waals surface area contributed by atoms with Gasteiger partial charge in [-0.25, -0.2) is 9.37 Å². The first-order valence-corrected chi connectivity index (χ1v) is 11.0. The van der Waals surface area contributed by atoms with Gasteiger partial charge in [0.25, 0.3) is 5.91 Å². The van der Waals surface area contributed by atoms with Crippen molar-refractivity contribution in [3.63, 3.8) is 0 Å². The molecule has 2 N–H and O–H groups in total. The van der Waals surface area contributed by atoms with Gasteiger partial charge >= 0.3 is 0 Å². The standard InChI is InChI=1S/C24H20Cl2FN3O2/c25-17-3-1-15(2-4-17)16-7-8-28-21(9-16)29-23-12-24(13-23,14-23)30-22(31)11-32-18-5-6-19(26)20(27)10-18/h1-10H,11-14H2,(H,28,29)(H,30,31). The molecule has 3 saturated carbocycles. The van der Waals surface area contributed by atoms with Crippen molar-refractivity contribution < 1.29 is 13.9 Å². The number of amides is 1. The molecule has 5 nitrogen and oxygen atoms in total. The minimum atomic E-state index is -0.578. The van der Waals surface area contributed by atoms with E-state index >= 15 is 0 Å². The zero-order valence-electron chi connectivity index (χ0n) is 17.0. The third-order valence-electron chi connectivity index (χ3n) is 6.03. The van der Waals surface area contributed by atoms with Crippen LogP contribution >= 0.6 is 23.2 Å². The van der Waals surface area contributed by atoms with E-state index in [9.17, 15) is 9.18 Å².